The fraction of sp³-hybridized carbons (Fsp3) is 0.357. The number of nitrogens with two attached hydrogens (primary N) is 1. The first-order valence-corrected chi connectivity index (χ1v) is 13.1. The number of likely N-dealkylation sites (tertiary alicyclic amines) is 1. The molecule has 2 saturated heterocycles. The summed E-state index contributed by atoms with van der Waals surface area (Å²) >= 11 is 0. The van der Waals surface area contributed by atoms with E-state index in [1.807, 2.05) is 18.2 Å². The van der Waals surface area contributed by atoms with Gasteiger partial charge in [-0.1, -0.05) is 0 Å². The molecule has 0 atom stereocenters. The van der Waals surface area contributed by atoms with E-state index in [1.165, 1.54) is 12.0 Å². The maximum atomic E-state index is 11.0. The van der Waals surface area contributed by atoms with Crippen molar-refractivity contribution in [2.24, 2.45) is 0 Å². The second-order valence-corrected chi connectivity index (χ2v) is 10.1. The molecule has 0 bridgehead atoms. The smallest absolute Gasteiger partial charge is 0.209 e. The Hall–Kier alpha value is -4.18. The lowest BCUT2D eigenvalue weighted by molar-refractivity contribution is -0.119. The van der Waals surface area contributed by atoms with Gasteiger partial charge in [-0.3, -0.25) is 4.79 Å². The summed E-state index contributed by atoms with van der Waals surface area (Å²) in [6, 6.07) is 14.2. The monoisotopic (exact) mass is 512 g/mol. The summed E-state index contributed by atoms with van der Waals surface area (Å²) in [4.78, 5) is 34.6. The number of nitrogens with one attached hydrogen (secondary N) is 1. The van der Waals surface area contributed by atoms with Crippen LogP contribution in [-0.2, 0) is 4.79 Å². The lowest BCUT2D eigenvalue weighted by atomic mass is 10.1. The number of aromatic nitrogens is 4. The molecule has 4 aromatic rings. The SMILES string of the molecule is CN1CCN(c2ccc(-c3nc4ncnc(-c5ccc(OC6CCN(C=O)CC6)c(N)c5)c4[nH]3)cc2)CC1. The van der Waals surface area contributed by atoms with E-state index < -0.39 is 0 Å². The number of aromatic amines is 1. The molecule has 2 aliphatic heterocycles. The van der Waals surface area contributed by atoms with Crippen LogP contribution in [0.15, 0.2) is 48.8 Å². The van der Waals surface area contributed by atoms with E-state index in [-0.39, 0.29) is 6.10 Å². The van der Waals surface area contributed by atoms with E-state index in [9.17, 15) is 4.79 Å². The number of rotatable bonds is 6. The number of ether oxygens (including phenoxy) is 1. The first kappa shape index (κ1) is 24.2. The van der Waals surface area contributed by atoms with Gasteiger partial charge in [-0.2, -0.15) is 0 Å². The van der Waals surface area contributed by atoms with Gasteiger partial charge in [-0.05, 0) is 49.5 Å². The molecule has 38 heavy (non-hydrogen) atoms. The lowest BCUT2D eigenvalue weighted by Gasteiger charge is -2.34. The number of benzene rings is 2. The Balaban J connectivity index is 1.21. The molecule has 6 rings (SSSR count). The number of hydrogen-bond acceptors (Lipinski definition) is 8. The number of carbonyl (C=O) groups is 1. The number of nitrogen functional groups attached to an aromatic ring is 1. The first-order valence-electron chi connectivity index (χ1n) is 13.1. The third kappa shape index (κ3) is 4.87. The number of anilines is 2. The summed E-state index contributed by atoms with van der Waals surface area (Å²) in [7, 11) is 2.16. The molecule has 0 spiro atoms. The van der Waals surface area contributed by atoms with Gasteiger partial charge in [0.15, 0.2) is 5.65 Å². The molecular formula is C28H32N8O2. The zero-order valence-corrected chi connectivity index (χ0v) is 21.5. The van der Waals surface area contributed by atoms with Crippen molar-refractivity contribution in [3.63, 3.8) is 0 Å². The predicted molar refractivity (Wildman–Crippen MR) is 148 cm³/mol. The van der Waals surface area contributed by atoms with Crippen LogP contribution in [0.25, 0.3) is 33.8 Å². The number of nitrogens with zero attached hydrogens (tertiary/aromatic N) is 6. The summed E-state index contributed by atoms with van der Waals surface area (Å²) in [5.41, 5.74) is 12.1. The highest BCUT2D eigenvalue weighted by Gasteiger charge is 2.21. The number of piperidine rings is 1. The molecule has 3 N–H and O–H groups in total. The third-order valence-corrected chi connectivity index (χ3v) is 7.50. The average Bonchev–Trinajstić information content (AvgIpc) is 3.40. The van der Waals surface area contributed by atoms with Crippen LogP contribution >= 0.6 is 0 Å². The van der Waals surface area contributed by atoms with Crippen LogP contribution in [0.5, 0.6) is 5.75 Å². The minimum Gasteiger partial charge on any atom is -0.488 e. The van der Waals surface area contributed by atoms with Crippen molar-refractivity contribution in [3.8, 4) is 28.4 Å². The van der Waals surface area contributed by atoms with Crippen molar-refractivity contribution in [1.29, 1.82) is 0 Å². The van der Waals surface area contributed by atoms with E-state index in [1.54, 1.807) is 4.90 Å². The average molecular weight is 513 g/mol. The van der Waals surface area contributed by atoms with Crippen molar-refractivity contribution in [3.05, 3.63) is 48.8 Å². The molecule has 2 aliphatic rings. The summed E-state index contributed by atoms with van der Waals surface area (Å²) in [6.07, 6.45) is 4.05. The Kier molecular flexibility index (Phi) is 6.55. The predicted octanol–water partition coefficient (Wildman–Crippen LogP) is 3.02. The van der Waals surface area contributed by atoms with Gasteiger partial charge < -0.3 is 30.2 Å². The molecule has 10 heteroatoms. The van der Waals surface area contributed by atoms with Crippen molar-refractivity contribution in [2.75, 3.05) is 56.9 Å². The molecule has 196 valence electrons. The fourth-order valence-corrected chi connectivity index (χ4v) is 5.16. The van der Waals surface area contributed by atoms with Gasteiger partial charge in [0.05, 0.1) is 11.4 Å². The van der Waals surface area contributed by atoms with Gasteiger partial charge in [-0.25, -0.2) is 15.0 Å². The normalized spacial score (nSPS) is 17.2. The van der Waals surface area contributed by atoms with Gasteiger partial charge in [0.1, 0.15) is 29.5 Å². The third-order valence-electron chi connectivity index (χ3n) is 7.50. The maximum Gasteiger partial charge on any atom is 0.209 e. The van der Waals surface area contributed by atoms with Crippen LogP contribution in [0.1, 0.15) is 12.8 Å². The minimum atomic E-state index is 0.0444. The molecule has 2 fully saturated rings. The zero-order chi connectivity index (χ0) is 26.1. The largest absolute Gasteiger partial charge is 0.488 e. The van der Waals surface area contributed by atoms with Crippen LogP contribution in [0.4, 0.5) is 11.4 Å². The van der Waals surface area contributed by atoms with E-state index in [0.29, 0.717) is 30.2 Å². The first-order chi connectivity index (χ1) is 18.6. The second-order valence-electron chi connectivity index (χ2n) is 10.1. The van der Waals surface area contributed by atoms with Crippen molar-refractivity contribution < 1.29 is 9.53 Å². The molecule has 10 nitrogen and oxygen atoms in total. The van der Waals surface area contributed by atoms with Gasteiger partial charge in [0.2, 0.25) is 6.41 Å². The summed E-state index contributed by atoms with van der Waals surface area (Å²) in [5, 5.41) is 0. The highest BCUT2D eigenvalue weighted by atomic mass is 16.5. The number of fused-ring (bicyclic) bond motifs is 1. The Morgan fingerprint density at radius 2 is 1.71 bits per heavy atom. The molecule has 0 aliphatic carbocycles. The van der Waals surface area contributed by atoms with Crippen molar-refractivity contribution >= 4 is 28.9 Å². The molecule has 4 heterocycles. The van der Waals surface area contributed by atoms with Crippen molar-refractivity contribution in [1.82, 2.24) is 29.7 Å². The number of hydrogen-bond donors (Lipinski definition) is 2. The standard InChI is InChI=1S/C28H32N8O2/c1-34-12-14-36(15-13-34)21-5-2-19(3-6-21)27-32-26-25(30-17-31-28(26)33-27)20-4-7-24(23(29)16-20)38-22-8-10-35(18-37)11-9-22/h2-7,16-18,22H,8-15,29H2,1H3,(H,30,31,32,33). The van der Waals surface area contributed by atoms with Crippen LogP contribution in [0, 0.1) is 0 Å². The lowest BCUT2D eigenvalue weighted by Crippen LogP contribution is -2.44. The van der Waals surface area contributed by atoms with Crippen LogP contribution in [-0.4, -0.2) is 88.6 Å². The molecule has 2 aromatic carbocycles. The van der Waals surface area contributed by atoms with Crippen LogP contribution in [0.3, 0.4) is 0 Å². The van der Waals surface area contributed by atoms with Crippen LogP contribution in [0.2, 0.25) is 0 Å². The van der Waals surface area contributed by atoms with E-state index in [2.05, 4.69) is 56.1 Å². The minimum absolute atomic E-state index is 0.0444. The molecule has 2 aromatic heterocycles. The van der Waals surface area contributed by atoms with Gasteiger partial charge in [0, 0.05) is 68.9 Å². The number of likely N-dealkylation sites (N-methyl/N-ethyl adjacent to an activating group) is 1. The van der Waals surface area contributed by atoms with Gasteiger partial charge in [0.25, 0.3) is 0 Å². The molecule has 0 unspecified atom stereocenters. The zero-order valence-electron chi connectivity index (χ0n) is 21.5. The molecule has 0 radical (unpaired) electrons. The molecule has 1 amide bonds. The number of carbonyl (C=O) groups excluding carboxylic acids is 1. The van der Waals surface area contributed by atoms with E-state index in [0.717, 1.165) is 73.6 Å². The number of piperazine rings is 1. The number of H-pyrrole nitrogens is 1. The van der Waals surface area contributed by atoms with Crippen molar-refractivity contribution in [2.45, 2.75) is 18.9 Å². The Morgan fingerprint density at radius 3 is 2.42 bits per heavy atom. The quantitative estimate of drug-likeness (QED) is 0.299. The van der Waals surface area contributed by atoms with E-state index >= 15 is 0 Å². The molecular weight excluding hydrogens is 480 g/mol. The fourth-order valence-electron chi connectivity index (χ4n) is 5.16. The van der Waals surface area contributed by atoms with E-state index in [4.69, 9.17) is 15.5 Å². The summed E-state index contributed by atoms with van der Waals surface area (Å²) in [6.45, 7) is 5.62. The second kappa shape index (κ2) is 10.3. The highest BCUT2D eigenvalue weighted by molar-refractivity contribution is 5.90. The van der Waals surface area contributed by atoms with Crippen LogP contribution < -0.4 is 15.4 Å². The Labute approximate surface area is 221 Å². The molecule has 0 saturated carbocycles. The van der Waals surface area contributed by atoms with Gasteiger partial charge in [-0.15, -0.1) is 0 Å². The summed E-state index contributed by atoms with van der Waals surface area (Å²) in [5.74, 6) is 1.40. The maximum absolute atomic E-state index is 11.0. The number of imidazole rings is 1. The summed E-state index contributed by atoms with van der Waals surface area (Å²) < 4.78 is 6.15. The highest BCUT2D eigenvalue weighted by Crippen LogP contribution is 2.33. The Morgan fingerprint density at radius 1 is 0.974 bits per heavy atom. The Bertz CT molecular complexity index is 1420. The number of amides is 1. The van der Waals surface area contributed by atoms with Gasteiger partial charge >= 0.3 is 0 Å². The topological polar surface area (TPSA) is 116 Å².